The summed E-state index contributed by atoms with van der Waals surface area (Å²) in [6.45, 7) is 9.74. The SMILES string of the molecule is CCCC12CC3(CCC)CC(CCC)(C1)CC(CCC)(C2)C3. The van der Waals surface area contributed by atoms with Crippen molar-refractivity contribution in [2.24, 2.45) is 21.7 Å². The predicted molar refractivity (Wildman–Crippen MR) is 97.1 cm³/mol. The van der Waals surface area contributed by atoms with Crippen molar-refractivity contribution >= 4 is 0 Å². The molecule has 0 radical (unpaired) electrons. The summed E-state index contributed by atoms with van der Waals surface area (Å²) in [5, 5.41) is 0. The second-order valence-corrected chi connectivity index (χ2v) is 10.1. The molecule has 0 aromatic carbocycles. The van der Waals surface area contributed by atoms with E-state index in [9.17, 15) is 0 Å². The molecular formula is C22H40. The topological polar surface area (TPSA) is 0 Å². The van der Waals surface area contributed by atoms with E-state index in [1.54, 1.807) is 38.5 Å². The van der Waals surface area contributed by atoms with Crippen LogP contribution in [0.15, 0.2) is 0 Å². The highest BCUT2D eigenvalue weighted by Gasteiger charge is 2.66. The van der Waals surface area contributed by atoms with Crippen LogP contribution in [0.1, 0.15) is 118 Å². The first-order valence-corrected chi connectivity index (χ1v) is 10.5. The van der Waals surface area contributed by atoms with Crippen LogP contribution in [-0.2, 0) is 0 Å². The van der Waals surface area contributed by atoms with Gasteiger partial charge in [-0.15, -0.1) is 0 Å². The lowest BCUT2D eigenvalue weighted by molar-refractivity contribution is -0.211. The average Bonchev–Trinajstić information content (AvgIpc) is 2.36. The summed E-state index contributed by atoms with van der Waals surface area (Å²) in [4.78, 5) is 0. The highest BCUT2D eigenvalue weighted by Crippen LogP contribution is 2.77. The summed E-state index contributed by atoms with van der Waals surface area (Å²) >= 11 is 0. The molecule has 4 bridgehead atoms. The van der Waals surface area contributed by atoms with E-state index in [4.69, 9.17) is 0 Å². The van der Waals surface area contributed by atoms with Gasteiger partial charge < -0.3 is 0 Å². The predicted octanol–water partition coefficient (Wildman–Crippen LogP) is 7.51. The van der Waals surface area contributed by atoms with Gasteiger partial charge in [0, 0.05) is 0 Å². The van der Waals surface area contributed by atoms with Crippen LogP contribution in [0.5, 0.6) is 0 Å². The Morgan fingerprint density at radius 3 is 0.727 bits per heavy atom. The molecule has 0 heteroatoms. The zero-order chi connectivity index (χ0) is 15.9. The van der Waals surface area contributed by atoms with Crippen molar-refractivity contribution in [3.63, 3.8) is 0 Å². The van der Waals surface area contributed by atoms with E-state index >= 15 is 0 Å². The van der Waals surface area contributed by atoms with Crippen LogP contribution in [0.3, 0.4) is 0 Å². The molecule has 4 fully saturated rings. The fourth-order valence-corrected chi connectivity index (χ4v) is 8.70. The molecule has 0 spiro atoms. The van der Waals surface area contributed by atoms with Crippen LogP contribution in [-0.4, -0.2) is 0 Å². The van der Waals surface area contributed by atoms with Gasteiger partial charge in [0.15, 0.2) is 0 Å². The third kappa shape index (κ3) is 2.67. The molecule has 4 rings (SSSR count). The Labute approximate surface area is 139 Å². The van der Waals surface area contributed by atoms with Crippen LogP contribution < -0.4 is 0 Å². The number of rotatable bonds is 8. The van der Waals surface area contributed by atoms with Crippen LogP contribution in [0, 0.1) is 21.7 Å². The van der Waals surface area contributed by atoms with Crippen LogP contribution in [0.25, 0.3) is 0 Å². The minimum Gasteiger partial charge on any atom is -0.0654 e. The van der Waals surface area contributed by atoms with E-state index in [0.29, 0.717) is 0 Å². The molecule has 0 unspecified atom stereocenters. The maximum absolute atomic E-state index is 2.43. The number of hydrogen-bond acceptors (Lipinski definition) is 0. The fourth-order valence-electron chi connectivity index (χ4n) is 8.70. The first-order chi connectivity index (χ1) is 10.5. The lowest BCUT2D eigenvalue weighted by atomic mass is 9.33. The minimum atomic E-state index is 0.739. The van der Waals surface area contributed by atoms with E-state index in [2.05, 4.69) is 27.7 Å². The van der Waals surface area contributed by atoms with Gasteiger partial charge in [0.25, 0.3) is 0 Å². The Morgan fingerprint density at radius 1 is 0.409 bits per heavy atom. The fraction of sp³-hybridized carbons (Fsp3) is 1.00. The van der Waals surface area contributed by atoms with Gasteiger partial charge in [-0.05, 0) is 85.9 Å². The average molecular weight is 305 g/mol. The summed E-state index contributed by atoms with van der Waals surface area (Å²) < 4.78 is 0. The molecule has 0 nitrogen and oxygen atoms in total. The highest BCUT2D eigenvalue weighted by molar-refractivity contribution is 5.16. The Morgan fingerprint density at radius 2 is 0.591 bits per heavy atom. The molecule has 22 heavy (non-hydrogen) atoms. The van der Waals surface area contributed by atoms with Crippen molar-refractivity contribution < 1.29 is 0 Å². The molecule has 0 N–H and O–H groups in total. The van der Waals surface area contributed by atoms with E-state index in [1.165, 1.54) is 51.4 Å². The van der Waals surface area contributed by atoms with E-state index < -0.39 is 0 Å². The van der Waals surface area contributed by atoms with Gasteiger partial charge in [0.2, 0.25) is 0 Å². The van der Waals surface area contributed by atoms with Gasteiger partial charge >= 0.3 is 0 Å². The normalized spacial score (nSPS) is 46.4. The maximum atomic E-state index is 2.43. The Hall–Kier alpha value is 0. The molecule has 128 valence electrons. The Kier molecular flexibility index (Phi) is 4.45. The Bertz CT molecular complexity index is 281. The molecule has 0 heterocycles. The van der Waals surface area contributed by atoms with Gasteiger partial charge in [-0.25, -0.2) is 0 Å². The van der Waals surface area contributed by atoms with E-state index in [-0.39, 0.29) is 0 Å². The van der Waals surface area contributed by atoms with Crippen molar-refractivity contribution in [3.05, 3.63) is 0 Å². The summed E-state index contributed by atoms with van der Waals surface area (Å²) in [7, 11) is 0. The second kappa shape index (κ2) is 5.82. The summed E-state index contributed by atoms with van der Waals surface area (Å²) in [5.74, 6) is 0. The van der Waals surface area contributed by atoms with Crippen LogP contribution in [0.2, 0.25) is 0 Å². The molecule has 0 saturated heterocycles. The molecule has 4 saturated carbocycles. The molecular weight excluding hydrogens is 264 g/mol. The van der Waals surface area contributed by atoms with E-state index in [0.717, 1.165) is 21.7 Å². The van der Waals surface area contributed by atoms with Gasteiger partial charge in [-0.2, -0.15) is 0 Å². The summed E-state index contributed by atoms with van der Waals surface area (Å²) in [6, 6.07) is 0. The first-order valence-electron chi connectivity index (χ1n) is 10.5. The minimum absolute atomic E-state index is 0.739. The third-order valence-corrected chi connectivity index (χ3v) is 7.62. The summed E-state index contributed by atoms with van der Waals surface area (Å²) in [5.41, 5.74) is 2.96. The quantitative estimate of drug-likeness (QED) is 0.435. The van der Waals surface area contributed by atoms with Gasteiger partial charge in [0.1, 0.15) is 0 Å². The molecule has 4 aliphatic rings. The zero-order valence-electron chi connectivity index (χ0n) is 15.9. The number of hydrogen-bond donors (Lipinski definition) is 0. The smallest absolute Gasteiger partial charge is 0.0282 e. The van der Waals surface area contributed by atoms with Crippen molar-refractivity contribution in [3.8, 4) is 0 Å². The molecule has 0 aromatic rings. The first kappa shape index (κ1) is 16.8. The second-order valence-electron chi connectivity index (χ2n) is 10.1. The molecule has 0 amide bonds. The summed E-state index contributed by atoms with van der Waals surface area (Å²) in [6.07, 6.45) is 21.3. The van der Waals surface area contributed by atoms with Crippen molar-refractivity contribution in [2.45, 2.75) is 118 Å². The third-order valence-electron chi connectivity index (χ3n) is 7.62. The van der Waals surface area contributed by atoms with Crippen LogP contribution in [0.4, 0.5) is 0 Å². The lowest BCUT2D eigenvalue weighted by Gasteiger charge is -2.72. The largest absolute Gasteiger partial charge is 0.0654 e. The zero-order valence-corrected chi connectivity index (χ0v) is 15.9. The van der Waals surface area contributed by atoms with Crippen molar-refractivity contribution in [2.75, 3.05) is 0 Å². The van der Waals surface area contributed by atoms with Gasteiger partial charge in [-0.3, -0.25) is 0 Å². The standard InChI is InChI=1S/C22H40/c1-5-9-19-13-20(10-6-2)16-21(14-19,11-7-3)18-22(15-19,17-20)12-8-4/h5-18H2,1-4H3. The lowest BCUT2D eigenvalue weighted by Crippen LogP contribution is -2.61. The molecule has 0 atom stereocenters. The van der Waals surface area contributed by atoms with Crippen molar-refractivity contribution in [1.82, 2.24) is 0 Å². The Balaban J connectivity index is 2.00. The molecule has 0 aromatic heterocycles. The van der Waals surface area contributed by atoms with E-state index in [1.807, 2.05) is 0 Å². The van der Waals surface area contributed by atoms with Gasteiger partial charge in [-0.1, -0.05) is 53.4 Å². The van der Waals surface area contributed by atoms with Crippen molar-refractivity contribution in [1.29, 1.82) is 0 Å². The molecule has 0 aliphatic heterocycles. The maximum Gasteiger partial charge on any atom is -0.0282 e. The highest BCUT2D eigenvalue weighted by atomic mass is 14.7. The van der Waals surface area contributed by atoms with Gasteiger partial charge in [0.05, 0.1) is 0 Å². The molecule has 4 aliphatic carbocycles. The van der Waals surface area contributed by atoms with Crippen LogP contribution >= 0.6 is 0 Å². The monoisotopic (exact) mass is 304 g/mol.